The van der Waals surface area contributed by atoms with Crippen molar-refractivity contribution in [3.8, 4) is 0 Å². The number of carbonyl (C=O) groups excluding carboxylic acids is 1. The molecule has 2 bridgehead atoms. The van der Waals surface area contributed by atoms with E-state index in [1.165, 1.54) is 19.3 Å². The van der Waals surface area contributed by atoms with Gasteiger partial charge < -0.3 is 5.32 Å². The Morgan fingerprint density at radius 2 is 2.05 bits per heavy atom. The summed E-state index contributed by atoms with van der Waals surface area (Å²) in [5, 5.41) is 3.00. The minimum atomic E-state index is 0.195. The van der Waals surface area contributed by atoms with Crippen LogP contribution in [0.25, 0.3) is 0 Å². The molecular weight excluding hydrogens is 304 g/mol. The Bertz CT molecular complexity index is 543. The summed E-state index contributed by atoms with van der Waals surface area (Å²) in [5.74, 6) is 4.21. The van der Waals surface area contributed by atoms with Gasteiger partial charge in [-0.3, -0.25) is 4.79 Å². The van der Waals surface area contributed by atoms with Crippen LogP contribution >= 0.6 is 15.9 Å². The van der Waals surface area contributed by atoms with Crippen LogP contribution in [0.1, 0.15) is 24.8 Å². The van der Waals surface area contributed by atoms with E-state index in [0.29, 0.717) is 17.7 Å². The van der Waals surface area contributed by atoms with E-state index in [1.54, 1.807) is 6.20 Å². The van der Waals surface area contributed by atoms with Crippen LogP contribution in [-0.2, 0) is 4.79 Å². The van der Waals surface area contributed by atoms with Crippen molar-refractivity contribution in [3.05, 3.63) is 22.3 Å². The first-order valence-corrected chi connectivity index (χ1v) is 7.87. The fourth-order valence-corrected chi connectivity index (χ4v) is 4.71. The lowest BCUT2D eigenvalue weighted by molar-refractivity contribution is -0.118. The van der Waals surface area contributed by atoms with E-state index in [4.69, 9.17) is 0 Å². The van der Waals surface area contributed by atoms with Crippen molar-refractivity contribution in [2.75, 3.05) is 5.32 Å². The summed E-state index contributed by atoms with van der Waals surface area (Å²) < 4.78 is 0.979. The van der Waals surface area contributed by atoms with Gasteiger partial charge in [0.05, 0.1) is 0 Å². The number of halogens is 1. The molecule has 3 fully saturated rings. The third kappa shape index (κ3) is 1.76. The first-order valence-electron chi connectivity index (χ1n) is 7.08. The molecule has 0 radical (unpaired) electrons. The Hall–Kier alpha value is -0.900. The molecule has 0 saturated heterocycles. The molecule has 4 rings (SSSR count). The van der Waals surface area contributed by atoms with E-state index >= 15 is 0 Å². The van der Waals surface area contributed by atoms with Gasteiger partial charge in [0.15, 0.2) is 0 Å². The molecule has 19 heavy (non-hydrogen) atoms. The fourth-order valence-electron chi connectivity index (χ4n) is 4.49. The number of nitrogens with zero attached hydrogens (tertiary/aromatic N) is 1. The zero-order chi connectivity index (χ0) is 13.1. The minimum Gasteiger partial charge on any atom is -0.310 e. The Kier molecular flexibility index (Phi) is 2.53. The number of amides is 1. The smallest absolute Gasteiger partial charge is 0.229 e. The molecular formula is C15H17BrN2O. The number of nitrogens with one attached hydrogen (secondary N) is 1. The van der Waals surface area contributed by atoms with Crippen LogP contribution in [0.15, 0.2) is 16.7 Å². The van der Waals surface area contributed by atoms with Gasteiger partial charge in [-0.1, -0.05) is 0 Å². The first-order chi connectivity index (χ1) is 9.15. The highest BCUT2D eigenvalue weighted by molar-refractivity contribution is 9.10. The number of aromatic nitrogens is 1. The summed E-state index contributed by atoms with van der Waals surface area (Å²) in [6.07, 6.45) is 5.84. The quantitative estimate of drug-likeness (QED) is 0.907. The highest BCUT2D eigenvalue weighted by Gasteiger charge is 2.67. The summed E-state index contributed by atoms with van der Waals surface area (Å²) in [7, 11) is 0. The summed E-state index contributed by atoms with van der Waals surface area (Å²) in [5.41, 5.74) is 1.10. The molecule has 4 unspecified atom stereocenters. The average molecular weight is 321 g/mol. The second-order valence-corrected chi connectivity index (χ2v) is 7.18. The molecule has 1 heterocycles. The second kappa shape index (κ2) is 4.05. The van der Waals surface area contributed by atoms with E-state index in [9.17, 15) is 4.79 Å². The molecule has 3 nitrogen and oxygen atoms in total. The Morgan fingerprint density at radius 3 is 2.68 bits per heavy atom. The number of pyridine rings is 1. The molecule has 0 aliphatic heterocycles. The van der Waals surface area contributed by atoms with Gasteiger partial charge in [-0.2, -0.15) is 0 Å². The molecule has 0 spiro atoms. The number of anilines is 1. The molecule has 1 amide bonds. The molecule has 3 aliphatic rings. The highest BCUT2D eigenvalue weighted by atomic mass is 79.9. The van der Waals surface area contributed by atoms with Gasteiger partial charge in [0, 0.05) is 16.6 Å². The second-order valence-electron chi connectivity index (χ2n) is 6.32. The van der Waals surface area contributed by atoms with Gasteiger partial charge in [0.2, 0.25) is 5.91 Å². The topological polar surface area (TPSA) is 42.0 Å². The molecule has 1 aromatic rings. The van der Waals surface area contributed by atoms with Gasteiger partial charge in [0.1, 0.15) is 5.82 Å². The number of hydrogen-bond donors (Lipinski definition) is 1. The van der Waals surface area contributed by atoms with Gasteiger partial charge in [-0.15, -0.1) is 0 Å². The monoisotopic (exact) mass is 320 g/mol. The van der Waals surface area contributed by atoms with Crippen LogP contribution in [0.4, 0.5) is 5.82 Å². The SMILES string of the molecule is Cc1cc(NC(=O)C2C3C4CCC(C4)C23)ncc1Br. The molecule has 3 saturated carbocycles. The summed E-state index contributed by atoms with van der Waals surface area (Å²) >= 11 is 3.43. The lowest BCUT2D eigenvalue weighted by atomic mass is 10.0. The third-order valence-corrected chi connectivity index (χ3v) is 6.17. The average Bonchev–Trinajstić information content (AvgIpc) is 2.83. The number of aryl methyl sites for hydroxylation is 1. The lowest BCUT2D eigenvalue weighted by Crippen LogP contribution is -2.19. The van der Waals surface area contributed by atoms with E-state index < -0.39 is 0 Å². The van der Waals surface area contributed by atoms with E-state index in [-0.39, 0.29) is 11.8 Å². The highest BCUT2D eigenvalue weighted by Crippen LogP contribution is 2.69. The predicted octanol–water partition coefficient (Wildman–Crippen LogP) is 3.38. The Labute approximate surface area is 121 Å². The Balaban J connectivity index is 1.47. The maximum Gasteiger partial charge on any atom is 0.229 e. The Morgan fingerprint density at radius 1 is 1.37 bits per heavy atom. The van der Waals surface area contributed by atoms with Crippen molar-refractivity contribution < 1.29 is 4.79 Å². The molecule has 4 heteroatoms. The van der Waals surface area contributed by atoms with Gasteiger partial charge in [-0.05, 0) is 77.4 Å². The third-order valence-electron chi connectivity index (χ3n) is 5.34. The van der Waals surface area contributed by atoms with Crippen LogP contribution in [0, 0.1) is 36.5 Å². The number of hydrogen-bond acceptors (Lipinski definition) is 2. The zero-order valence-electron chi connectivity index (χ0n) is 10.9. The van der Waals surface area contributed by atoms with E-state index in [0.717, 1.165) is 21.9 Å². The maximum absolute atomic E-state index is 12.3. The minimum absolute atomic E-state index is 0.195. The van der Waals surface area contributed by atoms with Gasteiger partial charge in [-0.25, -0.2) is 4.98 Å². The number of carbonyl (C=O) groups is 1. The van der Waals surface area contributed by atoms with Crippen molar-refractivity contribution in [3.63, 3.8) is 0 Å². The van der Waals surface area contributed by atoms with Gasteiger partial charge in [0.25, 0.3) is 0 Å². The van der Waals surface area contributed by atoms with Crippen molar-refractivity contribution in [1.29, 1.82) is 0 Å². The van der Waals surface area contributed by atoms with Crippen molar-refractivity contribution in [2.24, 2.45) is 29.6 Å². The molecule has 100 valence electrons. The van der Waals surface area contributed by atoms with Crippen molar-refractivity contribution in [1.82, 2.24) is 4.98 Å². The molecule has 3 aliphatic carbocycles. The first kappa shape index (κ1) is 11.9. The van der Waals surface area contributed by atoms with E-state index in [2.05, 4.69) is 26.2 Å². The number of rotatable bonds is 2. The van der Waals surface area contributed by atoms with Crippen LogP contribution in [-0.4, -0.2) is 10.9 Å². The molecule has 0 aromatic carbocycles. The van der Waals surface area contributed by atoms with Crippen LogP contribution in [0.2, 0.25) is 0 Å². The van der Waals surface area contributed by atoms with Crippen molar-refractivity contribution >= 4 is 27.7 Å². The number of fused-ring (bicyclic) bond motifs is 5. The van der Waals surface area contributed by atoms with Crippen LogP contribution < -0.4 is 5.32 Å². The van der Waals surface area contributed by atoms with Crippen molar-refractivity contribution in [2.45, 2.75) is 26.2 Å². The molecule has 4 atom stereocenters. The lowest BCUT2D eigenvalue weighted by Gasteiger charge is -2.09. The molecule has 1 N–H and O–H groups in total. The normalized spacial score (nSPS) is 38.1. The summed E-state index contributed by atoms with van der Waals surface area (Å²) in [6.45, 7) is 2.01. The van der Waals surface area contributed by atoms with E-state index in [1.807, 2.05) is 13.0 Å². The maximum atomic E-state index is 12.3. The summed E-state index contributed by atoms with van der Waals surface area (Å²) in [6, 6.07) is 1.93. The zero-order valence-corrected chi connectivity index (χ0v) is 12.5. The predicted molar refractivity (Wildman–Crippen MR) is 76.6 cm³/mol. The fraction of sp³-hybridized carbons (Fsp3) is 0.600. The van der Waals surface area contributed by atoms with Crippen LogP contribution in [0.3, 0.4) is 0 Å². The molecule has 1 aromatic heterocycles. The standard InChI is InChI=1S/C15H17BrN2O/c1-7-4-11(17-6-10(7)16)18-15(19)14-12-8-2-3-9(5-8)13(12)14/h4,6,8-9,12-14H,2-3,5H2,1H3,(H,17,18,19). The largest absolute Gasteiger partial charge is 0.310 e. The van der Waals surface area contributed by atoms with Crippen LogP contribution in [0.5, 0.6) is 0 Å². The summed E-state index contributed by atoms with van der Waals surface area (Å²) in [4.78, 5) is 16.6. The van der Waals surface area contributed by atoms with Gasteiger partial charge >= 0.3 is 0 Å².